The maximum absolute atomic E-state index is 13.5. The van der Waals surface area contributed by atoms with E-state index < -0.39 is 17.8 Å². The lowest BCUT2D eigenvalue weighted by Gasteiger charge is -2.45. The van der Waals surface area contributed by atoms with Crippen molar-refractivity contribution >= 4 is 11.9 Å². The molecule has 184 valence electrons. The predicted molar refractivity (Wildman–Crippen MR) is 123 cm³/mol. The molecule has 34 heavy (non-hydrogen) atoms. The number of piperidine rings is 1. The quantitative estimate of drug-likeness (QED) is 0.635. The minimum atomic E-state index is -4.48. The molecule has 0 unspecified atom stereocenters. The standard InChI is InChI=1S/C25H31F3N4O2/c1-18-15-31(23-22(25(26,27)28)9-6-12-29-23)16-19(2)32(18)24(33)34-21-10-13-30(14-11-21)17-20-7-4-3-5-8-20/h3-9,12,18-19,21H,10-11,13-17H2,1-2H3/t18-,19-/m1/s1. The molecule has 1 amide bonds. The van der Waals surface area contributed by atoms with Gasteiger partial charge in [-0.05, 0) is 44.4 Å². The van der Waals surface area contributed by atoms with E-state index in [0.717, 1.165) is 38.5 Å². The Hall–Kier alpha value is -2.81. The Balaban J connectivity index is 1.32. The second-order valence-corrected chi connectivity index (χ2v) is 9.23. The van der Waals surface area contributed by atoms with Gasteiger partial charge in [0.15, 0.2) is 0 Å². The highest BCUT2D eigenvalue weighted by Gasteiger charge is 2.40. The Labute approximate surface area is 198 Å². The summed E-state index contributed by atoms with van der Waals surface area (Å²) in [7, 11) is 0. The summed E-state index contributed by atoms with van der Waals surface area (Å²) in [5, 5.41) is 0. The molecular weight excluding hydrogens is 445 g/mol. The van der Waals surface area contributed by atoms with Gasteiger partial charge in [-0.3, -0.25) is 9.80 Å². The van der Waals surface area contributed by atoms with E-state index in [1.807, 2.05) is 32.0 Å². The smallest absolute Gasteiger partial charge is 0.419 e. The average molecular weight is 477 g/mol. The molecular formula is C25H31F3N4O2. The van der Waals surface area contributed by atoms with Crippen LogP contribution in [0.5, 0.6) is 0 Å². The molecule has 2 saturated heterocycles. The number of nitrogens with zero attached hydrogens (tertiary/aromatic N) is 4. The molecule has 9 heteroatoms. The Bertz CT molecular complexity index is 952. The number of likely N-dealkylation sites (tertiary alicyclic amines) is 1. The van der Waals surface area contributed by atoms with Crippen molar-refractivity contribution in [2.45, 2.75) is 57.6 Å². The molecule has 2 aliphatic rings. The summed E-state index contributed by atoms with van der Waals surface area (Å²) in [5.41, 5.74) is 0.507. The Kier molecular flexibility index (Phi) is 7.30. The third-order valence-electron chi connectivity index (χ3n) is 6.57. The summed E-state index contributed by atoms with van der Waals surface area (Å²) < 4.78 is 46.2. The minimum Gasteiger partial charge on any atom is -0.446 e. The van der Waals surface area contributed by atoms with E-state index in [1.54, 1.807) is 9.80 Å². The van der Waals surface area contributed by atoms with Gasteiger partial charge in [-0.2, -0.15) is 13.2 Å². The lowest BCUT2D eigenvalue weighted by atomic mass is 10.1. The van der Waals surface area contributed by atoms with E-state index in [2.05, 4.69) is 22.0 Å². The van der Waals surface area contributed by atoms with Crippen molar-refractivity contribution in [3.8, 4) is 0 Å². The topological polar surface area (TPSA) is 48.9 Å². The van der Waals surface area contributed by atoms with E-state index in [-0.39, 0.29) is 37.1 Å². The van der Waals surface area contributed by atoms with Crippen molar-refractivity contribution < 1.29 is 22.7 Å². The van der Waals surface area contributed by atoms with Crippen molar-refractivity contribution in [2.75, 3.05) is 31.1 Å². The van der Waals surface area contributed by atoms with Crippen LogP contribution in [0.2, 0.25) is 0 Å². The number of carbonyl (C=O) groups is 1. The Morgan fingerprint density at radius 2 is 1.68 bits per heavy atom. The number of anilines is 1. The van der Waals surface area contributed by atoms with Crippen LogP contribution in [0.15, 0.2) is 48.7 Å². The fourth-order valence-electron chi connectivity index (χ4n) is 4.96. The number of rotatable bonds is 4. The molecule has 6 nitrogen and oxygen atoms in total. The highest BCUT2D eigenvalue weighted by atomic mass is 19.4. The summed E-state index contributed by atoms with van der Waals surface area (Å²) in [6, 6.07) is 12.0. The number of amides is 1. The zero-order valence-corrected chi connectivity index (χ0v) is 19.5. The van der Waals surface area contributed by atoms with Gasteiger partial charge in [0.05, 0.1) is 17.6 Å². The number of aromatic nitrogens is 1. The third-order valence-corrected chi connectivity index (χ3v) is 6.57. The summed E-state index contributed by atoms with van der Waals surface area (Å²) >= 11 is 0. The molecule has 0 spiro atoms. The molecule has 2 fully saturated rings. The van der Waals surface area contributed by atoms with Crippen molar-refractivity contribution in [1.82, 2.24) is 14.8 Å². The highest BCUT2D eigenvalue weighted by molar-refractivity contribution is 5.69. The summed E-state index contributed by atoms with van der Waals surface area (Å²) in [6.07, 6.45) is -2.12. The van der Waals surface area contributed by atoms with E-state index >= 15 is 0 Å². The number of carbonyl (C=O) groups excluding carboxylic acids is 1. The molecule has 0 bridgehead atoms. The summed E-state index contributed by atoms with van der Waals surface area (Å²) in [5.74, 6) is -0.0903. The summed E-state index contributed by atoms with van der Waals surface area (Å²) in [4.78, 5) is 22.6. The van der Waals surface area contributed by atoms with Gasteiger partial charge in [0.1, 0.15) is 11.9 Å². The van der Waals surface area contributed by atoms with Crippen molar-refractivity contribution in [3.05, 3.63) is 59.8 Å². The van der Waals surface area contributed by atoms with Crippen LogP contribution in [-0.2, 0) is 17.5 Å². The number of benzene rings is 1. The summed E-state index contributed by atoms with van der Waals surface area (Å²) in [6.45, 7) is 6.78. The van der Waals surface area contributed by atoms with Gasteiger partial charge < -0.3 is 9.64 Å². The zero-order valence-electron chi connectivity index (χ0n) is 19.5. The first-order valence-corrected chi connectivity index (χ1v) is 11.7. The van der Waals surface area contributed by atoms with Crippen molar-refractivity contribution in [1.29, 1.82) is 0 Å². The second-order valence-electron chi connectivity index (χ2n) is 9.23. The first-order chi connectivity index (χ1) is 16.2. The van der Waals surface area contributed by atoms with Gasteiger partial charge in [0, 0.05) is 38.9 Å². The van der Waals surface area contributed by atoms with Gasteiger partial charge in [0.2, 0.25) is 0 Å². The molecule has 1 aromatic carbocycles. The van der Waals surface area contributed by atoms with Gasteiger partial charge in [-0.15, -0.1) is 0 Å². The van der Waals surface area contributed by atoms with Crippen LogP contribution in [0.1, 0.15) is 37.8 Å². The molecule has 0 N–H and O–H groups in total. The number of ether oxygens (including phenoxy) is 1. The number of hydrogen-bond donors (Lipinski definition) is 0. The maximum Gasteiger partial charge on any atom is 0.419 e. The first-order valence-electron chi connectivity index (χ1n) is 11.7. The molecule has 3 heterocycles. The van der Waals surface area contributed by atoms with Crippen molar-refractivity contribution in [2.24, 2.45) is 0 Å². The number of hydrogen-bond acceptors (Lipinski definition) is 5. The number of pyridine rings is 1. The molecule has 0 saturated carbocycles. The molecule has 0 aliphatic carbocycles. The van der Waals surface area contributed by atoms with Crippen LogP contribution in [0.3, 0.4) is 0 Å². The van der Waals surface area contributed by atoms with E-state index in [1.165, 1.54) is 17.8 Å². The minimum absolute atomic E-state index is 0.0903. The lowest BCUT2D eigenvalue weighted by molar-refractivity contribution is -0.137. The average Bonchev–Trinajstić information content (AvgIpc) is 2.80. The van der Waals surface area contributed by atoms with Crippen LogP contribution >= 0.6 is 0 Å². The van der Waals surface area contributed by atoms with Gasteiger partial charge in [0.25, 0.3) is 0 Å². The lowest BCUT2D eigenvalue weighted by Crippen LogP contribution is -2.59. The van der Waals surface area contributed by atoms with E-state index in [9.17, 15) is 18.0 Å². The SMILES string of the molecule is C[C@@H]1CN(c2ncccc2C(F)(F)F)C[C@@H](C)N1C(=O)OC1CCN(Cc2ccccc2)CC1. The van der Waals surface area contributed by atoms with Gasteiger partial charge in [-0.25, -0.2) is 9.78 Å². The zero-order chi connectivity index (χ0) is 24.3. The van der Waals surface area contributed by atoms with Gasteiger partial charge in [-0.1, -0.05) is 30.3 Å². The van der Waals surface area contributed by atoms with Crippen molar-refractivity contribution in [3.63, 3.8) is 0 Å². The molecule has 2 aliphatic heterocycles. The van der Waals surface area contributed by atoms with E-state index in [4.69, 9.17) is 4.74 Å². The molecule has 1 aromatic heterocycles. The number of piperazine rings is 1. The first kappa shape index (κ1) is 24.3. The number of halogens is 3. The van der Waals surface area contributed by atoms with Crippen LogP contribution in [0.4, 0.5) is 23.8 Å². The van der Waals surface area contributed by atoms with Crippen LogP contribution < -0.4 is 4.90 Å². The maximum atomic E-state index is 13.5. The molecule has 2 atom stereocenters. The van der Waals surface area contributed by atoms with Crippen LogP contribution in [0, 0.1) is 0 Å². The third kappa shape index (κ3) is 5.63. The molecule has 4 rings (SSSR count). The van der Waals surface area contributed by atoms with E-state index in [0.29, 0.717) is 0 Å². The Morgan fingerprint density at radius 3 is 2.29 bits per heavy atom. The second kappa shape index (κ2) is 10.2. The monoisotopic (exact) mass is 476 g/mol. The Morgan fingerprint density at radius 1 is 1.03 bits per heavy atom. The number of alkyl halides is 3. The molecule has 2 aromatic rings. The largest absolute Gasteiger partial charge is 0.446 e. The predicted octanol–water partition coefficient (Wildman–Crippen LogP) is 4.80. The normalized spacial score (nSPS) is 22.6. The highest BCUT2D eigenvalue weighted by Crippen LogP contribution is 2.36. The van der Waals surface area contributed by atoms with Crippen LogP contribution in [0.25, 0.3) is 0 Å². The fraction of sp³-hybridized carbons (Fsp3) is 0.520. The van der Waals surface area contributed by atoms with Gasteiger partial charge >= 0.3 is 12.3 Å². The molecule has 0 radical (unpaired) electrons. The fourth-order valence-corrected chi connectivity index (χ4v) is 4.96. The van der Waals surface area contributed by atoms with Crippen LogP contribution in [-0.4, -0.2) is 65.2 Å².